The molecule has 5 heteroatoms. The van der Waals surface area contributed by atoms with Crippen molar-refractivity contribution < 1.29 is 4.52 Å². The van der Waals surface area contributed by atoms with Crippen molar-refractivity contribution in [2.24, 2.45) is 5.73 Å². The van der Waals surface area contributed by atoms with Gasteiger partial charge >= 0.3 is 0 Å². The second kappa shape index (κ2) is 6.28. The fraction of sp³-hybridized carbons (Fsp3) is 0.188. The largest absolute Gasteiger partial charge is 0.339 e. The summed E-state index contributed by atoms with van der Waals surface area (Å²) in [5, 5.41) is 3.98. The maximum absolute atomic E-state index is 6.15. The molecule has 3 aromatic rings. The molecule has 106 valence electrons. The molecule has 1 unspecified atom stereocenters. The summed E-state index contributed by atoms with van der Waals surface area (Å²) < 4.78 is 5.26. The van der Waals surface area contributed by atoms with Crippen LogP contribution in [-0.2, 0) is 12.8 Å². The van der Waals surface area contributed by atoms with Crippen molar-refractivity contribution in [1.29, 1.82) is 0 Å². The lowest BCUT2D eigenvalue weighted by Crippen LogP contribution is -2.13. The molecule has 21 heavy (non-hydrogen) atoms. The van der Waals surface area contributed by atoms with Crippen molar-refractivity contribution in [3.8, 4) is 0 Å². The van der Waals surface area contributed by atoms with E-state index in [2.05, 4.69) is 15.1 Å². The molecule has 0 radical (unpaired) electrons. The summed E-state index contributed by atoms with van der Waals surface area (Å²) in [5.74, 6) is 1.18. The molecule has 0 fully saturated rings. The Bertz CT molecular complexity index is 682. The third-order valence-corrected chi connectivity index (χ3v) is 3.20. The van der Waals surface area contributed by atoms with Gasteiger partial charge in [0.25, 0.3) is 0 Å². The van der Waals surface area contributed by atoms with Gasteiger partial charge in [-0.1, -0.05) is 41.6 Å². The fourth-order valence-corrected chi connectivity index (χ4v) is 2.12. The molecule has 0 amide bonds. The zero-order valence-corrected chi connectivity index (χ0v) is 11.5. The first-order valence-corrected chi connectivity index (χ1v) is 6.83. The van der Waals surface area contributed by atoms with Gasteiger partial charge in [-0.2, -0.15) is 4.98 Å². The van der Waals surface area contributed by atoms with E-state index in [1.165, 1.54) is 0 Å². The molecule has 0 saturated carbocycles. The van der Waals surface area contributed by atoms with E-state index in [1.807, 2.05) is 48.5 Å². The first-order valence-electron chi connectivity index (χ1n) is 6.83. The van der Waals surface area contributed by atoms with Gasteiger partial charge in [0.15, 0.2) is 5.82 Å². The molecule has 0 spiro atoms. The van der Waals surface area contributed by atoms with Crippen LogP contribution in [0, 0.1) is 0 Å². The van der Waals surface area contributed by atoms with Crippen LogP contribution in [-0.4, -0.2) is 15.1 Å². The van der Waals surface area contributed by atoms with Crippen LogP contribution in [0.2, 0.25) is 0 Å². The van der Waals surface area contributed by atoms with Gasteiger partial charge in [-0.25, -0.2) is 0 Å². The SMILES string of the molecule is NC(Cc1nc(Cc2ccccn2)no1)c1ccccc1. The molecule has 0 aliphatic rings. The Kier molecular flexibility index (Phi) is 4.02. The van der Waals surface area contributed by atoms with Gasteiger partial charge in [0, 0.05) is 24.4 Å². The molecule has 3 rings (SSSR count). The summed E-state index contributed by atoms with van der Waals surface area (Å²) >= 11 is 0. The summed E-state index contributed by atoms with van der Waals surface area (Å²) in [6.07, 6.45) is 2.84. The van der Waals surface area contributed by atoms with E-state index in [0.29, 0.717) is 24.6 Å². The number of nitrogens with two attached hydrogens (primary N) is 1. The molecular weight excluding hydrogens is 264 g/mol. The van der Waals surface area contributed by atoms with E-state index in [-0.39, 0.29) is 6.04 Å². The number of hydrogen-bond acceptors (Lipinski definition) is 5. The minimum Gasteiger partial charge on any atom is -0.339 e. The highest BCUT2D eigenvalue weighted by atomic mass is 16.5. The first kappa shape index (κ1) is 13.5. The van der Waals surface area contributed by atoms with E-state index in [0.717, 1.165) is 11.3 Å². The molecule has 1 atom stereocenters. The van der Waals surface area contributed by atoms with Gasteiger partial charge in [-0.3, -0.25) is 4.98 Å². The van der Waals surface area contributed by atoms with Crippen molar-refractivity contribution in [2.45, 2.75) is 18.9 Å². The van der Waals surface area contributed by atoms with Crippen LogP contribution in [0.15, 0.2) is 59.3 Å². The Morgan fingerprint density at radius 3 is 2.62 bits per heavy atom. The highest BCUT2D eigenvalue weighted by Gasteiger charge is 2.13. The van der Waals surface area contributed by atoms with Crippen LogP contribution in [0.1, 0.15) is 29.0 Å². The number of hydrogen-bond donors (Lipinski definition) is 1. The third kappa shape index (κ3) is 3.52. The molecule has 0 saturated heterocycles. The molecule has 0 aliphatic heterocycles. The molecule has 1 aromatic carbocycles. The van der Waals surface area contributed by atoms with E-state index in [9.17, 15) is 0 Å². The lowest BCUT2D eigenvalue weighted by Gasteiger charge is -2.08. The standard InChI is InChI=1S/C16H16N4O/c17-14(12-6-2-1-3-7-12)11-16-19-15(20-21-16)10-13-8-4-5-9-18-13/h1-9,14H,10-11,17H2. The summed E-state index contributed by atoms with van der Waals surface area (Å²) in [6.45, 7) is 0. The molecule has 2 heterocycles. The van der Waals surface area contributed by atoms with Crippen LogP contribution < -0.4 is 5.73 Å². The Labute approximate surface area is 122 Å². The number of rotatable bonds is 5. The Morgan fingerprint density at radius 2 is 1.86 bits per heavy atom. The average molecular weight is 280 g/mol. The number of aromatic nitrogens is 3. The lowest BCUT2D eigenvalue weighted by molar-refractivity contribution is 0.365. The average Bonchev–Trinajstić information content (AvgIpc) is 2.96. The van der Waals surface area contributed by atoms with E-state index in [4.69, 9.17) is 10.3 Å². The zero-order valence-electron chi connectivity index (χ0n) is 11.5. The zero-order chi connectivity index (χ0) is 14.5. The fourth-order valence-electron chi connectivity index (χ4n) is 2.12. The van der Waals surface area contributed by atoms with E-state index >= 15 is 0 Å². The second-order valence-corrected chi connectivity index (χ2v) is 4.82. The molecule has 5 nitrogen and oxygen atoms in total. The van der Waals surface area contributed by atoms with Gasteiger partial charge in [0.2, 0.25) is 5.89 Å². The van der Waals surface area contributed by atoms with Crippen molar-refractivity contribution in [3.63, 3.8) is 0 Å². The normalized spacial score (nSPS) is 12.2. The highest BCUT2D eigenvalue weighted by Crippen LogP contribution is 2.15. The summed E-state index contributed by atoms with van der Waals surface area (Å²) in [4.78, 5) is 8.62. The predicted octanol–water partition coefficient (Wildman–Crippen LogP) is 2.30. The second-order valence-electron chi connectivity index (χ2n) is 4.82. The summed E-state index contributed by atoms with van der Waals surface area (Å²) in [5.41, 5.74) is 8.12. The third-order valence-electron chi connectivity index (χ3n) is 3.20. The number of nitrogens with zero attached hydrogens (tertiary/aromatic N) is 3. The van der Waals surface area contributed by atoms with E-state index < -0.39 is 0 Å². The van der Waals surface area contributed by atoms with Gasteiger partial charge in [-0.15, -0.1) is 0 Å². The van der Waals surface area contributed by atoms with Crippen molar-refractivity contribution in [3.05, 3.63) is 77.7 Å². The van der Waals surface area contributed by atoms with Gasteiger partial charge in [0.1, 0.15) is 0 Å². The smallest absolute Gasteiger partial charge is 0.228 e. The Morgan fingerprint density at radius 1 is 1.05 bits per heavy atom. The van der Waals surface area contributed by atoms with Crippen LogP contribution >= 0.6 is 0 Å². The van der Waals surface area contributed by atoms with Gasteiger partial charge in [0.05, 0.1) is 6.42 Å². The maximum atomic E-state index is 6.15. The number of benzene rings is 1. The van der Waals surface area contributed by atoms with Crippen LogP contribution in [0.4, 0.5) is 0 Å². The molecular formula is C16H16N4O. The quantitative estimate of drug-likeness (QED) is 0.776. The topological polar surface area (TPSA) is 77.8 Å². The Hall–Kier alpha value is -2.53. The highest BCUT2D eigenvalue weighted by molar-refractivity contribution is 5.19. The van der Waals surface area contributed by atoms with Crippen molar-refractivity contribution in [1.82, 2.24) is 15.1 Å². The summed E-state index contributed by atoms with van der Waals surface area (Å²) in [7, 11) is 0. The van der Waals surface area contributed by atoms with Crippen LogP contribution in [0.5, 0.6) is 0 Å². The van der Waals surface area contributed by atoms with E-state index in [1.54, 1.807) is 6.20 Å². The van der Waals surface area contributed by atoms with Crippen LogP contribution in [0.3, 0.4) is 0 Å². The molecule has 2 aromatic heterocycles. The van der Waals surface area contributed by atoms with Crippen molar-refractivity contribution in [2.75, 3.05) is 0 Å². The monoisotopic (exact) mass is 280 g/mol. The lowest BCUT2D eigenvalue weighted by atomic mass is 10.1. The first-order chi connectivity index (χ1) is 10.3. The molecule has 0 aliphatic carbocycles. The summed E-state index contributed by atoms with van der Waals surface area (Å²) in [6, 6.07) is 15.5. The van der Waals surface area contributed by atoms with Gasteiger partial charge < -0.3 is 10.3 Å². The van der Waals surface area contributed by atoms with Crippen molar-refractivity contribution >= 4 is 0 Å². The van der Waals surface area contributed by atoms with Gasteiger partial charge in [-0.05, 0) is 17.7 Å². The molecule has 2 N–H and O–H groups in total. The van der Waals surface area contributed by atoms with Crippen LogP contribution in [0.25, 0.3) is 0 Å². The Balaban J connectivity index is 1.65. The molecule has 0 bridgehead atoms. The minimum absolute atomic E-state index is 0.144. The predicted molar refractivity (Wildman–Crippen MR) is 78.4 cm³/mol. The maximum Gasteiger partial charge on any atom is 0.228 e. The number of pyridine rings is 1. The minimum atomic E-state index is -0.144.